The van der Waals surface area contributed by atoms with Crippen LogP contribution in [0.15, 0.2) is 41.3 Å². The SMILES string of the molecule is CC(C)(C)OC(=O)NC(C)(C)C(=O)N1CCN(C(=O)Nc2ccn(-c3ccc(CC4(N5CCC(NC(=O)O)CC5)CC4)cc3)c(=O)n2)CC1. The van der Waals surface area contributed by atoms with Gasteiger partial charge in [0.25, 0.3) is 0 Å². The molecule has 0 spiro atoms. The van der Waals surface area contributed by atoms with Crippen LogP contribution in [0.25, 0.3) is 5.69 Å². The van der Waals surface area contributed by atoms with Gasteiger partial charge in [-0.1, -0.05) is 12.1 Å². The number of likely N-dealkylation sites (tertiary alicyclic amines) is 1. The average molecular weight is 681 g/mol. The first-order valence-corrected chi connectivity index (χ1v) is 16.8. The zero-order valence-electron chi connectivity index (χ0n) is 29.0. The van der Waals surface area contributed by atoms with E-state index in [1.807, 2.05) is 24.3 Å². The molecule has 2 saturated heterocycles. The topological polar surface area (TPSA) is 178 Å². The monoisotopic (exact) mass is 680 g/mol. The summed E-state index contributed by atoms with van der Waals surface area (Å²) in [5.74, 6) is -0.154. The van der Waals surface area contributed by atoms with Crippen LogP contribution in [-0.2, 0) is 16.0 Å². The molecule has 1 aromatic heterocycles. The van der Waals surface area contributed by atoms with Crippen molar-refractivity contribution < 1.29 is 29.0 Å². The van der Waals surface area contributed by atoms with Crippen molar-refractivity contribution in [1.82, 2.24) is 34.9 Å². The number of carbonyl (C=O) groups is 4. The lowest BCUT2D eigenvalue weighted by Crippen LogP contribution is -2.60. The second-order valence-electron chi connectivity index (χ2n) is 14.7. The number of alkyl carbamates (subject to hydrolysis) is 1. The number of anilines is 1. The van der Waals surface area contributed by atoms with E-state index in [-0.39, 0.29) is 49.5 Å². The van der Waals surface area contributed by atoms with E-state index in [1.165, 1.54) is 10.1 Å². The predicted octanol–water partition coefficient (Wildman–Crippen LogP) is 3.02. The normalized spacial score (nSPS) is 18.4. The number of nitrogens with zero attached hydrogens (tertiary/aromatic N) is 5. The summed E-state index contributed by atoms with van der Waals surface area (Å²) < 4.78 is 6.70. The first-order chi connectivity index (χ1) is 23.0. The molecule has 15 nitrogen and oxygen atoms in total. The summed E-state index contributed by atoms with van der Waals surface area (Å²) in [6.45, 7) is 11.3. The minimum absolute atomic E-state index is 0.0125. The third kappa shape index (κ3) is 9.08. The number of nitrogens with one attached hydrogen (secondary N) is 3. The zero-order valence-corrected chi connectivity index (χ0v) is 29.0. The predicted molar refractivity (Wildman–Crippen MR) is 182 cm³/mol. The lowest BCUT2D eigenvalue weighted by molar-refractivity contribution is -0.138. The van der Waals surface area contributed by atoms with Crippen molar-refractivity contribution in [2.45, 2.75) is 89.4 Å². The molecule has 2 aliphatic heterocycles. The average Bonchev–Trinajstić information content (AvgIpc) is 3.80. The lowest BCUT2D eigenvalue weighted by Gasteiger charge is -2.38. The first-order valence-electron chi connectivity index (χ1n) is 16.8. The smallest absolute Gasteiger partial charge is 0.408 e. The summed E-state index contributed by atoms with van der Waals surface area (Å²) in [6.07, 6.45) is 4.67. The number of benzene rings is 1. The van der Waals surface area contributed by atoms with Gasteiger partial charge < -0.3 is 30.3 Å². The van der Waals surface area contributed by atoms with Gasteiger partial charge in [0.15, 0.2) is 0 Å². The van der Waals surface area contributed by atoms with Crippen molar-refractivity contribution in [2.24, 2.45) is 0 Å². The maximum absolute atomic E-state index is 13.1. The number of carbonyl (C=O) groups excluding carboxylic acids is 3. The highest BCUT2D eigenvalue weighted by Gasteiger charge is 2.48. The Kier molecular flexibility index (Phi) is 10.2. The maximum Gasteiger partial charge on any atom is 0.408 e. The standard InChI is InChI=1S/C34H48N8O7/c1-32(2,3)49-31(48)38-33(4,5)27(43)39-18-20-40(21-19-39)28(44)36-26-12-17-42(29(45)37-26)25-8-6-23(7-9-25)22-34(13-14-34)41-15-10-24(11-16-41)35-30(46)47/h6-9,12,17,24,35H,10-11,13-16,18-22H2,1-5H3,(H,38,48)(H,46,47)(H,36,37,44,45). The van der Waals surface area contributed by atoms with E-state index in [9.17, 15) is 24.0 Å². The van der Waals surface area contributed by atoms with Crippen LogP contribution < -0.4 is 21.6 Å². The van der Waals surface area contributed by atoms with Crippen LogP contribution in [0.5, 0.6) is 0 Å². The van der Waals surface area contributed by atoms with E-state index in [0.717, 1.165) is 45.2 Å². The van der Waals surface area contributed by atoms with Crippen molar-refractivity contribution in [1.29, 1.82) is 0 Å². The largest absolute Gasteiger partial charge is 0.465 e. The summed E-state index contributed by atoms with van der Waals surface area (Å²) in [6, 6.07) is 8.98. The highest BCUT2D eigenvalue weighted by atomic mass is 16.6. The highest BCUT2D eigenvalue weighted by Crippen LogP contribution is 2.45. The molecule has 3 heterocycles. The molecule has 2 aromatic rings. The number of hydrogen-bond donors (Lipinski definition) is 4. The molecule has 0 unspecified atom stereocenters. The quantitative estimate of drug-likeness (QED) is 0.326. The Labute approximate surface area is 286 Å². The number of piperidine rings is 1. The van der Waals surface area contributed by atoms with Crippen LogP contribution in [0.1, 0.15) is 65.9 Å². The number of ether oxygens (including phenoxy) is 1. The molecule has 4 N–H and O–H groups in total. The highest BCUT2D eigenvalue weighted by molar-refractivity contribution is 5.90. The Balaban J connectivity index is 1.10. The molecule has 15 heteroatoms. The summed E-state index contributed by atoms with van der Waals surface area (Å²) in [5, 5.41) is 16.9. The molecule has 3 fully saturated rings. The number of urea groups is 1. The van der Waals surface area contributed by atoms with Gasteiger partial charge in [-0.3, -0.25) is 19.6 Å². The van der Waals surface area contributed by atoms with Gasteiger partial charge in [0, 0.05) is 57.0 Å². The molecule has 1 aromatic carbocycles. The number of aromatic nitrogens is 2. The maximum atomic E-state index is 13.1. The van der Waals surface area contributed by atoms with Crippen LogP contribution in [-0.4, -0.2) is 115 Å². The molecule has 0 bridgehead atoms. The van der Waals surface area contributed by atoms with E-state index in [0.29, 0.717) is 5.69 Å². The fraction of sp³-hybridized carbons (Fsp3) is 0.588. The Morgan fingerprint density at radius 2 is 1.53 bits per heavy atom. The number of piperazine rings is 1. The van der Waals surface area contributed by atoms with E-state index >= 15 is 0 Å². The van der Waals surface area contributed by atoms with E-state index < -0.39 is 35.0 Å². The number of rotatable bonds is 8. The Hall–Kier alpha value is -4.66. The number of carboxylic acid groups (broad SMARTS) is 1. The Bertz CT molecular complexity index is 1600. The molecule has 5 amide bonds. The first kappa shape index (κ1) is 35.6. The van der Waals surface area contributed by atoms with Gasteiger partial charge in [0.05, 0.1) is 5.69 Å². The Morgan fingerprint density at radius 1 is 0.918 bits per heavy atom. The molecule has 49 heavy (non-hydrogen) atoms. The van der Waals surface area contributed by atoms with Crippen molar-refractivity contribution >= 4 is 29.9 Å². The number of hydrogen-bond acceptors (Lipinski definition) is 8. The lowest BCUT2D eigenvalue weighted by atomic mass is 9.97. The van der Waals surface area contributed by atoms with Crippen molar-refractivity contribution in [2.75, 3.05) is 44.6 Å². The zero-order chi connectivity index (χ0) is 35.6. The third-order valence-electron chi connectivity index (χ3n) is 9.31. The van der Waals surface area contributed by atoms with Gasteiger partial charge in [-0.15, -0.1) is 0 Å². The van der Waals surface area contributed by atoms with Crippen LogP contribution in [0.2, 0.25) is 0 Å². The minimum atomic E-state index is -1.19. The van der Waals surface area contributed by atoms with Gasteiger partial charge in [0.1, 0.15) is 17.0 Å². The summed E-state index contributed by atoms with van der Waals surface area (Å²) in [7, 11) is 0. The molecule has 266 valence electrons. The summed E-state index contributed by atoms with van der Waals surface area (Å²) in [5.41, 5.74) is -0.471. The molecular weight excluding hydrogens is 632 g/mol. The molecule has 1 saturated carbocycles. The Morgan fingerprint density at radius 3 is 2.08 bits per heavy atom. The summed E-state index contributed by atoms with van der Waals surface area (Å²) >= 11 is 0. The van der Waals surface area contributed by atoms with Crippen LogP contribution in [0.3, 0.4) is 0 Å². The van der Waals surface area contributed by atoms with Gasteiger partial charge >= 0.3 is 23.9 Å². The minimum Gasteiger partial charge on any atom is -0.465 e. The van der Waals surface area contributed by atoms with Gasteiger partial charge in [-0.2, -0.15) is 4.98 Å². The molecule has 0 atom stereocenters. The molecule has 1 aliphatic carbocycles. The number of amides is 5. The van der Waals surface area contributed by atoms with Gasteiger partial charge in [-0.25, -0.2) is 19.2 Å². The fourth-order valence-electron chi connectivity index (χ4n) is 6.55. The van der Waals surface area contributed by atoms with Gasteiger partial charge in [0.2, 0.25) is 5.91 Å². The summed E-state index contributed by atoms with van der Waals surface area (Å²) in [4.78, 5) is 72.0. The van der Waals surface area contributed by atoms with E-state index in [2.05, 4.69) is 25.8 Å². The van der Waals surface area contributed by atoms with Crippen LogP contribution in [0.4, 0.5) is 20.2 Å². The van der Waals surface area contributed by atoms with Crippen LogP contribution in [0, 0.1) is 0 Å². The van der Waals surface area contributed by atoms with E-state index in [4.69, 9.17) is 9.84 Å². The van der Waals surface area contributed by atoms with Crippen LogP contribution >= 0.6 is 0 Å². The second-order valence-corrected chi connectivity index (χ2v) is 14.7. The fourth-order valence-corrected chi connectivity index (χ4v) is 6.55. The molecule has 5 rings (SSSR count). The molecular formula is C34H48N8O7. The van der Waals surface area contributed by atoms with Crippen molar-refractivity contribution in [3.8, 4) is 5.69 Å². The molecule has 3 aliphatic rings. The van der Waals surface area contributed by atoms with Crippen molar-refractivity contribution in [3.05, 3.63) is 52.6 Å². The van der Waals surface area contributed by atoms with Crippen molar-refractivity contribution in [3.63, 3.8) is 0 Å². The third-order valence-corrected chi connectivity index (χ3v) is 9.31. The van der Waals surface area contributed by atoms with Gasteiger partial charge in [-0.05, 0) is 90.5 Å². The second kappa shape index (κ2) is 14.1. The van der Waals surface area contributed by atoms with E-state index in [1.54, 1.807) is 56.7 Å². The molecule has 0 radical (unpaired) electrons.